The Kier molecular flexibility index (Phi) is 3.91. The third kappa shape index (κ3) is 3.75. The van der Waals surface area contributed by atoms with Crippen molar-refractivity contribution in [3.63, 3.8) is 0 Å². The Morgan fingerprint density at radius 3 is 3.09 bits per heavy atom. The van der Waals surface area contributed by atoms with Crippen LogP contribution in [0.4, 0.5) is 0 Å². The van der Waals surface area contributed by atoms with Gasteiger partial charge in [-0.25, -0.2) is 0 Å². The van der Waals surface area contributed by atoms with Crippen LogP contribution in [0, 0.1) is 0 Å². The highest BCUT2D eigenvalue weighted by atomic mass is 35.5. The van der Waals surface area contributed by atoms with Gasteiger partial charge in [0.15, 0.2) is 0 Å². The van der Waals surface area contributed by atoms with Gasteiger partial charge in [-0.2, -0.15) is 0 Å². The first kappa shape index (κ1) is 9.04. The lowest BCUT2D eigenvalue weighted by molar-refractivity contribution is 0.401. The number of hydrogen-bond acceptors (Lipinski definition) is 2. The van der Waals surface area contributed by atoms with Crippen LogP contribution >= 0.6 is 11.6 Å². The van der Waals surface area contributed by atoms with Crippen molar-refractivity contribution >= 4 is 11.6 Å². The maximum absolute atomic E-state index is 5.62. The molecule has 1 fully saturated rings. The largest absolute Gasteiger partial charge is 0.315 e. The zero-order chi connectivity index (χ0) is 8.10. The number of nitrogens with one attached hydrogen (secondary N) is 2. The summed E-state index contributed by atoms with van der Waals surface area (Å²) in [7, 11) is 0. The molecule has 0 aromatic heterocycles. The van der Waals surface area contributed by atoms with Crippen LogP contribution in [0.2, 0.25) is 0 Å². The maximum atomic E-state index is 5.62. The standard InChI is InChI=1S/C8H15ClN2/c1-7(9)5-11-8-3-2-4-10-6-8/h8,10-11H,1-6H2. The van der Waals surface area contributed by atoms with Crippen LogP contribution in [0.15, 0.2) is 11.6 Å². The van der Waals surface area contributed by atoms with E-state index in [1.165, 1.54) is 12.8 Å². The lowest BCUT2D eigenvalue weighted by atomic mass is 10.1. The molecule has 1 rings (SSSR count). The fourth-order valence-electron chi connectivity index (χ4n) is 1.28. The van der Waals surface area contributed by atoms with Gasteiger partial charge in [-0.3, -0.25) is 0 Å². The van der Waals surface area contributed by atoms with E-state index < -0.39 is 0 Å². The third-order valence-corrected chi connectivity index (χ3v) is 2.01. The van der Waals surface area contributed by atoms with E-state index in [4.69, 9.17) is 11.6 Å². The molecule has 0 saturated carbocycles. The van der Waals surface area contributed by atoms with Crippen LogP contribution in [0.25, 0.3) is 0 Å². The van der Waals surface area contributed by atoms with Crippen molar-refractivity contribution in [2.24, 2.45) is 0 Å². The molecule has 64 valence electrons. The zero-order valence-corrected chi connectivity index (χ0v) is 7.45. The van der Waals surface area contributed by atoms with Gasteiger partial charge < -0.3 is 10.6 Å². The fourth-order valence-corrected chi connectivity index (χ4v) is 1.36. The Labute approximate surface area is 73.0 Å². The van der Waals surface area contributed by atoms with Crippen molar-refractivity contribution in [1.29, 1.82) is 0 Å². The van der Waals surface area contributed by atoms with E-state index in [9.17, 15) is 0 Å². The van der Waals surface area contributed by atoms with E-state index in [2.05, 4.69) is 17.2 Å². The first-order valence-electron chi connectivity index (χ1n) is 4.06. The molecule has 1 unspecified atom stereocenters. The van der Waals surface area contributed by atoms with E-state index in [1.54, 1.807) is 0 Å². The molecule has 0 amide bonds. The SMILES string of the molecule is C=C(Cl)CNC1CCCNC1. The molecule has 0 aliphatic carbocycles. The van der Waals surface area contributed by atoms with Crippen LogP contribution in [0.3, 0.4) is 0 Å². The topological polar surface area (TPSA) is 24.1 Å². The lowest BCUT2D eigenvalue weighted by Crippen LogP contribution is -2.43. The molecule has 0 aromatic carbocycles. The summed E-state index contributed by atoms with van der Waals surface area (Å²) >= 11 is 5.62. The van der Waals surface area contributed by atoms with Crippen molar-refractivity contribution in [2.45, 2.75) is 18.9 Å². The highest BCUT2D eigenvalue weighted by molar-refractivity contribution is 6.29. The second-order valence-electron chi connectivity index (χ2n) is 2.94. The fraction of sp³-hybridized carbons (Fsp3) is 0.750. The van der Waals surface area contributed by atoms with Gasteiger partial charge in [0.2, 0.25) is 0 Å². The highest BCUT2D eigenvalue weighted by Crippen LogP contribution is 2.02. The monoisotopic (exact) mass is 174 g/mol. The Morgan fingerprint density at radius 2 is 2.55 bits per heavy atom. The van der Waals surface area contributed by atoms with E-state index in [-0.39, 0.29) is 0 Å². The van der Waals surface area contributed by atoms with E-state index in [0.717, 1.165) is 19.6 Å². The molecule has 1 aliphatic rings. The van der Waals surface area contributed by atoms with Gasteiger partial charge in [-0.1, -0.05) is 18.2 Å². The lowest BCUT2D eigenvalue weighted by Gasteiger charge is -2.23. The molecule has 2 nitrogen and oxygen atoms in total. The predicted molar refractivity (Wildman–Crippen MR) is 48.9 cm³/mol. The minimum absolute atomic E-state index is 0.583. The molecule has 1 heterocycles. The van der Waals surface area contributed by atoms with Crippen molar-refractivity contribution in [3.05, 3.63) is 11.6 Å². The van der Waals surface area contributed by atoms with Gasteiger partial charge in [-0.05, 0) is 19.4 Å². The molecule has 2 N–H and O–H groups in total. The molecular weight excluding hydrogens is 160 g/mol. The average molecular weight is 175 g/mol. The minimum Gasteiger partial charge on any atom is -0.315 e. The molecular formula is C8H15ClN2. The van der Waals surface area contributed by atoms with Gasteiger partial charge in [0.05, 0.1) is 0 Å². The van der Waals surface area contributed by atoms with Gasteiger partial charge >= 0.3 is 0 Å². The van der Waals surface area contributed by atoms with Crippen molar-refractivity contribution in [2.75, 3.05) is 19.6 Å². The first-order chi connectivity index (χ1) is 5.29. The summed E-state index contributed by atoms with van der Waals surface area (Å²) in [6.07, 6.45) is 2.50. The quantitative estimate of drug-likeness (QED) is 0.669. The van der Waals surface area contributed by atoms with Gasteiger partial charge in [-0.15, -0.1) is 0 Å². The molecule has 11 heavy (non-hydrogen) atoms. The van der Waals surface area contributed by atoms with Crippen LogP contribution in [-0.2, 0) is 0 Å². The first-order valence-corrected chi connectivity index (χ1v) is 4.44. The summed E-state index contributed by atoms with van der Waals surface area (Å²) in [5, 5.41) is 7.34. The second kappa shape index (κ2) is 4.75. The van der Waals surface area contributed by atoms with Crippen LogP contribution in [-0.4, -0.2) is 25.7 Å². The number of halogens is 1. The van der Waals surface area contributed by atoms with Crippen LogP contribution < -0.4 is 10.6 Å². The van der Waals surface area contributed by atoms with Gasteiger partial charge in [0.1, 0.15) is 0 Å². The van der Waals surface area contributed by atoms with E-state index >= 15 is 0 Å². The summed E-state index contributed by atoms with van der Waals surface area (Å²) < 4.78 is 0. The third-order valence-electron chi connectivity index (χ3n) is 1.88. The molecule has 1 aliphatic heterocycles. The Balaban J connectivity index is 2.09. The Hall–Kier alpha value is -0.0500. The zero-order valence-electron chi connectivity index (χ0n) is 6.70. The van der Waals surface area contributed by atoms with Crippen LogP contribution in [0.1, 0.15) is 12.8 Å². The van der Waals surface area contributed by atoms with E-state index in [1.807, 2.05) is 0 Å². The molecule has 0 aromatic rings. The summed E-state index contributed by atoms with van der Waals surface area (Å²) in [4.78, 5) is 0. The minimum atomic E-state index is 0.583. The van der Waals surface area contributed by atoms with Crippen LogP contribution in [0.5, 0.6) is 0 Å². The molecule has 0 bridgehead atoms. The predicted octanol–water partition coefficient (Wildman–Crippen LogP) is 1.08. The Bertz CT molecular complexity index is 130. The average Bonchev–Trinajstić information content (AvgIpc) is 2.03. The summed E-state index contributed by atoms with van der Waals surface area (Å²) in [5.74, 6) is 0. The maximum Gasteiger partial charge on any atom is 0.0310 e. The Morgan fingerprint density at radius 1 is 1.73 bits per heavy atom. The molecule has 1 saturated heterocycles. The number of piperidine rings is 1. The molecule has 0 radical (unpaired) electrons. The summed E-state index contributed by atoms with van der Waals surface area (Å²) in [6.45, 7) is 6.56. The number of hydrogen-bond donors (Lipinski definition) is 2. The highest BCUT2D eigenvalue weighted by Gasteiger charge is 2.11. The normalized spacial score (nSPS) is 25.0. The molecule has 1 atom stereocenters. The summed E-state index contributed by atoms with van der Waals surface area (Å²) in [6, 6.07) is 0.583. The second-order valence-corrected chi connectivity index (χ2v) is 3.48. The van der Waals surface area contributed by atoms with E-state index in [0.29, 0.717) is 11.1 Å². The van der Waals surface area contributed by atoms with Crippen molar-refractivity contribution in [1.82, 2.24) is 10.6 Å². The molecule has 3 heteroatoms. The van der Waals surface area contributed by atoms with Gasteiger partial charge in [0, 0.05) is 24.2 Å². The van der Waals surface area contributed by atoms with Crippen molar-refractivity contribution < 1.29 is 0 Å². The number of rotatable bonds is 3. The smallest absolute Gasteiger partial charge is 0.0310 e. The molecule has 0 spiro atoms. The van der Waals surface area contributed by atoms with Crippen molar-refractivity contribution in [3.8, 4) is 0 Å². The summed E-state index contributed by atoms with van der Waals surface area (Å²) in [5.41, 5.74) is 0. The van der Waals surface area contributed by atoms with Gasteiger partial charge in [0.25, 0.3) is 0 Å².